The average molecular weight is 402 g/mol. The van der Waals surface area contributed by atoms with Crippen LogP contribution in [0.2, 0.25) is 5.02 Å². The number of esters is 1. The van der Waals surface area contributed by atoms with Crippen LogP contribution in [0.5, 0.6) is 0 Å². The van der Waals surface area contributed by atoms with Crippen molar-refractivity contribution in [1.29, 1.82) is 0 Å². The smallest absolute Gasteiger partial charge is 0.314 e. The number of ether oxygens (including phenoxy) is 1. The van der Waals surface area contributed by atoms with Crippen LogP contribution in [0.1, 0.15) is 22.8 Å². The molecular weight excluding hydrogens is 382 g/mol. The fourth-order valence-corrected chi connectivity index (χ4v) is 2.78. The molecule has 3 aromatic rings. The topological polar surface area (TPSA) is 98.5 Å². The lowest BCUT2D eigenvalue weighted by molar-refractivity contribution is -0.148. The number of halogens is 1. The van der Waals surface area contributed by atoms with Crippen molar-refractivity contribution in [2.45, 2.75) is 26.7 Å². The molecule has 0 radical (unpaired) electrons. The number of benzene rings is 1. The van der Waals surface area contributed by atoms with Gasteiger partial charge >= 0.3 is 5.97 Å². The number of amides is 1. The maximum absolute atomic E-state index is 11.9. The molecular formula is C19H20ClN5O3. The lowest BCUT2D eigenvalue weighted by Gasteiger charge is -2.06. The van der Waals surface area contributed by atoms with E-state index in [1.165, 1.54) is 0 Å². The van der Waals surface area contributed by atoms with Gasteiger partial charge in [0.2, 0.25) is 0 Å². The predicted octanol–water partition coefficient (Wildman–Crippen LogP) is 1.84. The van der Waals surface area contributed by atoms with Crippen LogP contribution in [-0.2, 0) is 27.2 Å². The van der Waals surface area contributed by atoms with Crippen molar-refractivity contribution in [2.24, 2.45) is 0 Å². The summed E-state index contributed by atoms with van der Waals surface area (Å²) >= 11 is 5.83. The van der Waals surface area contributed by atoms with Gasteiger partial charge in [-0.3, -0.25) is 9.59 Å². The van der Waals surface area contributed by atoms with Gasteiger partial charge in [-0.2, -0.15) is 4.98 Å². The second-order valence-electron chi connectivity index (χ2n) is 6.34. The van der Waals surface area contributed by atoms with Gasteiger partial charge in [0.05, 0.1) is 0 Å². The Labute approximate surface area is 166 Å². The molecule has 0 aliphatic rings. The number of hydrogen-bond donors (Lipinski definition) is 1. The van der Waals surface area contributed by atoms with Crippen LogP contribution >= 0.6 is 11.6 Å². The van der Waals surface area contributed by atoms with Crippen molar-refractivity contribution in [3.8, 4) is 0 Å². The highest BCUT2D eigenvalue weighted by Gasteiger charge is 2.14. The van der Waals surface area contributed by atoms with Gasteiger partial charge in [0.15, 0.2) is 12.4 Å². The molecule has 0 saturated heterocycles. The molecule has 0 saturated carbocycles. The van der Waals surface area contributed by atoms with Crippen LogP contribution < -0.4 is 5.32 Å². The number of nitrogens with zero attached hydrogens (tertiary/aromatic N) is 4. The zero-order valence-corrected chi connectivity index (χ0v) is 16.4. The molecule has 1 aromatic carbocycles. The molecule has 0 aliphatic heterocycles. The standard InChI is InChI=1S/C19H20ClN5O3/c1-12-9-13(2)25-19(22-12)23-16(24-25)10-18(27)28-11-17(26)21-8-7-14-3-5-15(20)6-4-14/h3-6,9H,7-8,10-11H2,1-2H3,(H,21,26). The van der Waals surface area contributed by atoms with E-state index in [0.717, 1.165) is 17.0 Å². The number of rotatable bonds is 7. The fraction of sp³-hybridized carbons (Fsp3) is 0.316. The van der Waals surface area contributed by atoms with Crippen molar-refractivity contribution < 1.29 is 14.3 Å². The van der Waals surface area contributed by atoms with Crippen LogP contribution in [0.3, 0.4) is 0 Å². The molecule has 0 atom stereocenters. The van der Waals surface area contributed by atoms with Crippen molar-refractivity contribution >= 4 is 29.3 Å². The summed E-state index contributed by atoms with van der Waals surface area (Å²) in [4.78, 5) is 32.2. The molecule has 9 heteroatoms. The van der Waals surface area contributed by atoms with E-state index in [4.69, 9.17) is 16.3 Å². The Morgan fingerprint density at radius 1 is 1.18 bits per heavy atom. The maximum atomic E-state index is 11.9. The maximum Gasteiger partial charge on any atom is 0.314 e. The Kier molecular flexibility index (Phi) is 6.20. The van der Waals surface area contributed by atoms with Crippen LogP contribution in [0.25, 0.3) is 5.78 Å². The summed E-state index contributed by atoms with van der Waals surface area (Å²) in [5.41, 5.74) is 2.75. The van der Waals surface area contributed by atoms with Gasteiger partial charge in [0.25, 0.3) is 11.7 Å². The molecule has 1 amide bonds. The van der Waals surface area contributed by atoms with Crippen LogP contribution in [0.15, 0.2) is 30.3 Å². The molecule has 1 N–H and O–H groups in total. The summed E-state index contributed by atoms with van der Waals surface area (Å²) < 4.78 is 6.57. The molecule has 2 aromatic heterocycles. The summed E-state index contributed by atoms with van der Waals surface area (Å²) in [5.74, 6) is -0.203. The van der Waals surface area contributed by atoms with E-state index in [2.05, 4.69) is 20.4 Å². The van der Waals surface area contributed by atoms with E-state index in [9.17, 15) is 9.59 Å². The third-order valence-corrected chi connectivity index (χ3v) is 4.23. The van der Waals surface area contributed by atoms with E-state index < -0.39 is 5.97 Å². The number of fused-ring (bicyclic) bond motifs is 1. The van der Waals surface area contributed by atoms with E-state index in [1.807, 2.05) is 32.0 Å². The minimum Gasteiger partial charge on any atom is -0.455 e. The second-order valence-corrected chi connectivity index (χ2v) is 6.78. The zero-order valence-electron chi connectivity index (χ0n) is 15.6. The van der Waals surface area contributed by atoms with Gasteiger partial charge in [-0.15, -0.1) is 5.10 Å². The first-order valence-corrected chi connectivity index (χ1v) is 9.15. The molecule has 146 valence electrons. The average Bonchev–Trinajstić information content (AvgIpc) is 3.04. The van der Waals surface area contributed by atoms with Gasteiger partial charge in [-0.05, 0) is 44.0 Å². The molecule has 0 spiro atoms. The lowest BCUT2D eigenvalue weighted by atomic mass is 10.1. The van der Waals surface area contributed by atoms with Gasteiger partial charge in [-0.1, -0.05) is 23.7 Å². The normalized spacial score (nSPS) is 10.8. The van der Waals surface area contributed by atoms with Crippen molar-refractivity contribution in [3.05, 3.63) is 58.1 Å². The van der Waals surface area contributed by atoms with Gasteiger partial charge < -0.3 is 10.1 Å². The van der Waals surface area contributed by atoms with Crippen molar-refractivity contribution in [1.82, 2.24) is 24.9 Å². The number of aryl methyl sites for hydroxylation is 2. The monoisotopic (exact) mass is 401 g/mol. The van der Waals surface area contributed by atoms with Gasteiger partial charge in [0, 0.05) is 23.0 Å². The molecule has 0 bridgehead atoms. The highest BCUT2D eigenvalue weighted by atomic mass is 35.5. The van der Waals surface area contributed by atoms with Crippen LogP contribution in [0.4, 0.5) is 0 Å². The Hall–Kier alpha value is -3.00. The summed E-state index contributed by atoms with van der Waals surface area (Å²) in [5, 5.41) is 7.62. The second kappa shape index (κ2) is 8.79. The minimum absolute atomic E-state index is 0.125. The molecule has 2 heterocycles. The minimum atomic E-state index is -0.571. The van der Waals surface area contributed by atoms with Crippen LogP contribution in [-0.4, -0.2) is 44.6 Å². The highest BCUT2D eigenvalue weighted by Crippen LogP contribution is 2.09. The molecule has 3 rings (SSSR count). The van der Waals surface area contributed by atoms with Gasteiger partial charge in [-0.25, -0.2) is 9.50 Å². The van der Waals surface area contributed by atoms with E-state index >= 15 is 0 Å². The molecule has 0 fully saturated rings. The fourth-order valence-electron chi connectivity index (χ4n) is 2.66. The zero-order chi connectivity index (χ0) is 20.1. The van der Waals surface area contributed by atoms with Gasteiger partial charge in [0.1, 0.15) is 6.42 Å². The molecule has 0 aliphatic carbocycles. The molecule has 8 nitrogen and oxygen atoms in total. The SMILES string of the molecule is Cc1cc(C)n2nc(CC(=O)OCC(=O)NCCc3ccc(Cl)cc3)nc2n1. The quantitative estimate of drug-likeness (QED) is 0.606. The first-order valence-electron chi connectivity index (χ1n) is 8.77. The third kappa shape index (κ3) is 5.26. The van der Waals surface area contributed by atoms with E-state index in [0.29, 0.717) is 29.6 Å². The summed E-state index contributed by atoms with van der Waals surface area (Å²) in [6.07, 6.45) is 0.535. The van der Waals surface area contributed by atoms with Crippen molar-refractivity contribution in [2.75, 3.05) is 13.2 Å². The first kappa shape index (κ1) is 19.8. The van der Waals surface area contributed by atoms with Crippen molar-refractivity contribution in [3.63, 3.8) is 0 Å². The summed E-state index contributed by atoms with van der Waals surface area (Å²) in [7, 11) is 0. The third-order valence-electron chi connectivity index (χ3n) is 3.98. The van der Waals surface area contributed by atoms with E-state index in [1.54, 1.807) is 16.6 Å². The summed E-state index contributed by atoms with van der Waals surface area (Å²) in [6, 6.07) is 9.26. The Morgan fingerprint density at radius 2 is 1.93 bits per heavy atom. The Balaban J connectivity index is 1.43. The number of nitrogens with one attached hydrogen (secondary N) is 1. The predicted molar refractivity (Wildman–Crippen MR) is 103 cm³/mol. The van der Waals surface area contributed by atoms with Crippen LogP contribution in [0, 0.1) is 13.8 Å². The number of hydrogen-bond acceptors (Lipinski definition) is 6. The number of carbonyl (C=O) groups is 2. The molecule has 0 unspecified atom stereocenters. The lowest BCUT2D eigenvalue weighted by Crippen LogP contribution is -2.30. The Morgan fingerprint density at radius 3 is 2.68 bits per heavy atom. The Bertz CT molecular complexity index is 1000. The summed E-state index contributed by atoms with van der Waals surface area (Å²) in [6.45, 7) is 3.84. The first-order chi connectivity index (χ1) is 13.4. The molecule has 28 heavy (non-hydrogen) atoms. The number of aromatic nitrogens is 4. The highest BCUT2D eigenvalue weighted by molar-refractivity contribution is 6.30. The van der Waals surface area contributed by atoms with E-state index in [-0.39, 0.29) is 18.9 Å². The number of carbonyl (C=O) groups excluding carboxylic acids is 2. The largest absolute Gasteiger partial charge is 0.455 e.